The molecule has 4 heteroatoms. The van der Waals surface area contributed by atoms with Crippen LogP contribution in [0.3, 0.4) is 0 Å². The average Bonchev–Trinajstić information content (AvgIpc) is 2.10. The fourth-order valence-corrected chi connectivity index (χ4v) is 1.74. The van der Waals surface area contributed by atoms with Gasteiger partial charge >= 0.3 is 0 Å². The Morgan fingerprint density at radius 2 is 2.15 bits per heavy atom. The maximum atomic E-state index is 11.2. The molecule has 1 atom stereocenters. The summed E-state index contributed by atoms with van der Waals surface area (Å²) in [6.07, 6.45) is 0. The number of halogens is 1. The van der Waals surface area contributed by atoms with Crippen LogP contribution in [-0.4, -0.2) is 30.5 Å². The van der Waals surface area contributed by atoms with E-state index in [1.54, 1.807) is 0 Å². The van der Waals surface area contributed by atoms with Crippen molar-refractivity contribution in [3.05, 3.63) is 0 Å². The van der Waals surface area contributed by atoms with Gasteiger partial charge in [0.25, 0.3) is 0 Å². The predicted octanol–water partition coefficient (Wildman–Crippen LogP) is 1.56. The van der Waals surface area contributed by atoms with Crippen LogP contribution in [0.5, 0.6) is 0 Å². The zero-order chi connectivity index (χ0) is 10.3. The minimum Gasteiger partial charge on any atom is -0.372 e. The van der Waals surface area contributed by atoms with E-state index in [-0.39, 0.29) is 18.6 Å². The zero-order valence-corrected chi connectivity index (χ0v) is 10.1. The molecule has 1 amide bonds. The van der Waals surface area contributed by atoms with E-state index >= 15 is 0 Å². The predicted molar refractivity (Wildman–Crippen MR) is 57.1 cm³/mol. The van der Waals surface area contributed by atoms with Crippen molar-refractivity contribution < 1.29 is 9.53 Å². The number of ether oxygens (including phenoxy) is 1. The molecule has 0 aromatic rings. The Bertz CT molecular complexity index is 151. The summed E-state index contributed by atoms with van der Waals surface area (Å²) in [6, 6.07) is 0.188. The van der Waals surface area contributed by atoms with Crippen LogP contribution in [0.15, 0.2) is 0 Å². The highest BCUT2D eigenvalue weighted by molar-refractivity contribution is 9.09. The molecule has 0 heterocycles. The van der Waals surface area contributed by atoms with Crippen LogP contribution in [0.1, 0.15) is 20.8 Å². The van der Waals surface area contributed by atoms with Crippen molar-refractivity contribution in [2.45, 2.75) is 26.8 Å². The molecular weight excluding hydrogens is 234 g/mol. The van der Waals surface area contributed by atoms with Gasteiger partial charge in [-0.05, 0) is 12.8 Å². The summed E-state index contributed by atoms with van der Waals surface area (Å²) in [5.74, 6) is 0.393. The minimum absolute atomic E-state index is 0.0417. The van der Waals surface area contributed by atoms with Crippen LogP contribution in [0.25, 0.3) is 0 Å². The van der Waals surface area contributed by atoms with Crippen molar-refractivity contribution in [3.63, 3.8) is 0 Å². The summed E-state index contributed by atoms with van der Waals surface area (Å²) in [7, 11) is 0. The standard InChI is InChI=1S/C9H18BrNO2/c1-4-13-6-9(12)11-8(5-10)7(2)3/h7-8H,4-6H2,1-3H3,(H,11,12). The van der Waals surface area contributed by atoms with Crippen LogP contribution < -0.4 is 5.32 Å². The van der Waals surface area contributed by atoms with Gasteiger partial charge in [-0.2, -0.15) is 0 Å². The Morgan fingerprint density at radius 1 is 1.54 bits per heavy atom. The number of alkyl halides is 1. The first-order valence-corrected chi connectivity index (χ1v) is 5.67. The molecule has 0 saturated carbocycles. The molecule has 0 aromatic carbocycles. The van der Waals surface area contributed by atoms with Crippen molar-refractivity contribution in [3.8, 4) is 0 Å². The molecular formula is C9H18BrNO2. The molecule has 0 aliphatic rings. The summed E-state index contributed by atoms with van der Waals surface area (Å²) in [4.78, 5) is 11.2. The molecule has 0 aliphatic carbocycles. The number of rotatable bonds is 6. The third kappa shape index (κ3) is 6.05. The lowest BCUT2D eigenvalue weighted by Crippen LogP contribution is -2.41. The van der Waals surface area contributed by atoms with Crippen molar-refractivity contribution in [1.82, 2.24) is 5.32 Å². The maximum Gasteiger partial charge on any atom is 0.246 e. The van der Waals surface area contributed by atoms with Crippen molar-refractivity contribution in [2.75, 3.05) is 18.5 Å². The molecule has 0 spiro atoms. The van der Waals surface area contributed by atoms with E-state index in [1.165, 1.54) is 0 Å². The first-order chi connectivity index (χ1) is 6.11. The number of nitrogens with one attached hydrogen (secondary N) is 1. The molecule has 78 valence electrons. The normalized spacial score (nSPS) is 13.0. The monoisotopic (exact) mass is 251 g/mol. The lowest BCUT2D eigenvalue weighted by Gasteiger charge is -2.19. The maximum absolute atomic E-state index is 11.2. The van der Waals surface area contributed by atoms with Gasteiger partial charge in [-0.15, -0.1) is 0 Å². The van der Waals surface area contributed by atoms with Gasteiger partial charge < -0.3 is 10.1 Å². The Kier molecular flexibility index (Phi) is 7.28. The molecule has 0 aliphatic heterocycles. The van der Waals surface area contributed by atoms with E-state index in [9.17, 15) is 4.79 Å². The van der Waals surface area contributed by atoms with Crippen molar-refractivity contribution in [1.29, 1.82) is 0 Å². The van der Waals surface area contributed by atoms with Crippen LogP contribution in [-0.2, 0) is 9.53 Å². The number of amides is 1. The Hall–Kier alpha value is -0.0900. The number of carbonyl (C=O) groups excluding carboxylic acids is 1. The van der Waals surface area contributed by atoms with E-state index in [1.807, 2.05) is 6.92 Å². The quantitative estimate of drug-likeness (QED) is 0.728. The first-order valence-electron chi connectivity index (χ1n) is 4.54. The van der Waals surface area contributed by atoms with E-state index in [4.69, 9.17) is 4.74 Å². The second-order valence-corrected chi connectivity index (χ2v) is 3.86. The molecule has 0 saturated heterocycles. The van der Waals surface area contributed by atoms with Crippen LogP contribution in [0.2, 0.25) is 0 Å². The molecule has 0 bridgehead atoms. The summed E-state index contributed by atoms with van der Waals surface area (Å²) >= 11 is 3.36. The van der Waals surface area contributed by atoms with Gasteiger partial charge in [0.2, 0.25) is 5.91 Å². The van der Waals surface area contributed by atoms with Crippen LogP contribution in [0, 0.1) is 5.92 Å². The third-order valence-corrected chi connectivity index (χ3v) is 2.45. The van der Waals surface area contributed by atoms with E-state index in [2.05, 4.69) is 35.1 Å². The van der Waals surface area contributed by atoms with Gasteiger partial charge in [-0.3, -0.25) is 4.79 Å². The summed E-state index contributed by atoms with van der Waals surface area (Å²) < 4.78 is 4.99. The fraction of sp³-hybridized carbons (Fsp3) is 0.889. The van der Waals surface area contributed by atoms with Crippen LogP contribution >= 0.6 is 15.9 Å². The fourth-order valence-electron chi connectivity index (χ4n) is 0.827. The Balaban J connectivity index is 3.73. The van der Waals surface area contributed by atoms with Crippen LogP contribution in [0.4, 0.5) is 0 Å². The number of hydrogen-bond acceptors (Lipinski definition) is 2. The lowest BCUT2D eigenvalue weighted by molar-refractivity contribution is -0.126. The SMILES string of the molecule is CCOCC(=O)NC(CBr)C(C)C. The molecule has 0 rings (SSSR count). The highest BCUT2D eigenvalue weighted by Crippen LogP contribution is 2.04. The zero-order valence-electron chi connectivity index (χ0n) is 8.47. The van der Waals surface area contributed by atoms with Gasteiger partial charge in [-0.1, -0.05) is 29.8 Å². The largest absolute Gasteiger partial charge is 0.372 e. The topological polar surface area (TPSA) is 38.3 Å². The van der Waals surface area contributed by atoms with Gasteiger partial charge in [0.1, 0.15) is 6.61 Å². The van der Waals surface area contributed by atoms with Gasteiger partial charge in [-0.25, -0.2) is 0 Å². The number of carbonyl (C=O) groups is 1. The van der Waals surface area contributed by atoms with E-state index < -0.39 is 0 Å². The highest BCUT2D eigenvalue weighted by atomic mass is 79.9. The Labute approximate surface area is 88.4 Å². The van der Waals surface area contributed by atoms with E-state index in [0.29, 0.717) is 12.5 Å². The highest BCUT2D eigenvalue weighted by Gasteiger charge is 2.14. The molecule has 0 radical (unpaired) electrons. The molecule has 0 fully saturated rings. The molecule has 1 unspecified atom stereocenters. The summed E-state index contributed by atoms with van der Waals surface area (Å²) in [5.41, 5.74) is 0. The average molecular weight is 252 g/mol. The first kappa shape index (κ1) is 12.9. The number of hydrogen-bond donors (Lipinski definition) is 1. The summed E-state index contributed by atoms with van der Waals surface area (Å²) in [5, 5.41) is 3.67. The van der Waals surface area contributed by atoms with Gasteiger partial charge in [0, 0.05) is 18.0 Å². The molecule has 13 heavy (non-hydrogen) atoms. The van der Waals surface area contributed by atoms with Gasteiger partial charge in [0.05, 0.1) is 0 Å². The van der Waals surface area contributed by atoms with Crippen molar-refractivity contribution >= 4 is 21.8 Å². The summed E-state index contributed by atoms with van der Waals surface area (Å²) in [6.45, 7) is 6.76. The molecule has 0 aromatic heterocycles. The lowest BCUT2D eigenvalue weighted by atomic mass is 10.1. The van der Waals surface area contributed by atoms with Gasteiger partial charge in [0.15, 0.2) is 0 Å². The Morgan fingerprint density at radius 3 is 2.54 bits per heavy atom. The molecule has 1 N–H and O–H groups in total. The van der Waals surface area contributed by atoms with E-state index in [0.717, 1.165) is 5.33 Å². The molecule has 3 nitrogen and oxygen atoms in total. The third-order valence-electron chi connectivity index (χ3n) is 1.75. The second-order valence-electron chi connectivity index (χ2n) is 3.21. The van der Waals surface area contributed by atoms with Crippen molar-refractivity contribution in [2.24, 2.45) is 5.92 Å². The smallest absolute Gasteiger partial charge is 0.246 e. The second kappa shape index (κ2) is 7.33. The minimum atomic E-state index is -0.0417.